The Morgan fingerprint density at radius 3 is 2.63 bits per heavy atom. The summed E-state index contributed by atoms with van der Waals surface area (Å²) in [4.78, 5) is 0.283. The molecule has 104 valence electrons. The highest BCUT2D eigenvalue weighted by molar-refractivity contribution is 7.89. The normalized spacial score (nSPS) is 23.5. The van der Waals surface area contributed by atoms with Gasteiger partial charge in [0.15, 0.2) is 11.5 Å². The van der Waals surface area contributed by atoms with Crippen LogP contribution in [-0.2, 0) is 10.0 Å². The summed E-state index contributed by atoms with van der Waals surface area (Å²) >= 11 is 0. The van der Waals surface area contributed by atoms with Gasteiger partial charge >= 0.3 is 0 Å². The SMILES string of the molecule is CC1CCN(S(=O)(=O)c2ccc3c(c2)OCCO3)C1. The third-order valence-corrected chi connectivity index (χ3v) is 5.40. The lowest BCUT2D eigenvalue weighted by atomic mass is 10.2. The van der Waals surface area contributed by atoms with Gasteiger partial charge in [-0.05, 0) is 24.5 Å². The minimum Gasteiger partial charge on any atom is -0.486 e. The molecule has 0 bridgehead atoms. The Balaban J connectivity index is 1.93. The molecule has 1 fully saturated rings. The van der Waals surface area contributed by atoms with Crippen molar-refractivity contribution in [1.82, 2.24) is 4.31 Å². The highest BCUT2D eigenvalue weighted by atomic mass is 32.2. The van der Waals surface area contributed by atoms with Crippen molar-refractivity contribution >= 4 is 10.0 Å². The predicted molar refractivity (Wildman–Crippen MR) is 70.0 cm³/mol. The second kappa shape index (κ2) is 4.68. The first kappa shape index (κ1) is 12.7. The van der Waals surface area contributed by atoms with Crippen molar-refractivity contribution < 1.29 is 17.9 Å². The fourth-order valence-electron chi connectivity index (χ4n) is 2.45. The number of hydrogen-bond donors (Lipinski definition) is 0. The minimum absolute atomic E-state index is 0.283. The summed E-state index contributed by atoms with van der Waals surface area (Å²) in [6.07, 6.45) is 0.920. The van der Waals surface area contributed by atoms with Crippen molar-refractivity contribution in [1.29, 1.82) is 0 Å². The maximum atomic E-state index is 12.5. The number of hydrogen-bond acceptors (Lipinski definition) is 4. The van der Waals surface area contributed by atoms with E-state index >= 15 is 0 Å². The highest BCUT2D eigenvalue weighted by Gasteiger charge is 2.31. The Labute approximate surface area is 113 Å². The molecule has 2 heterocycles. The van der Waals surface area contributed by atoms with E-state index in [2.05, 4.69) is 6.92 Å². The smallest absolute Gasteiger partial charge is 0.243 e. The van der Waals surface area contributed by atoms with E-state index in [1.165, 1.54) is 0 Å². The molecule has 1 saturated heterocycles. The molecular weight excluding hydrogens is 266 g/mol. The summed E-state index contributed by atoms with van der Waals surface area (Å²) in [5.74, 6) is 1.55. The van der Waals surface area contributed by atoms with Crippen molar-refractivity contribution in [2.75, 3.05) is 26.3 Å². The van der Waals surface area contributed by atoms with Gasteiger partial charge in [0.2, 0.25) is 10.0 Å². The van der Waals surface area contributed by atoms with Gasteiger partial charge in [-0.3, -0.25) is 0 Å². The largest absolute Gasteiger partial charge is 0.486 e. The first-order chi connectivity index (χ1) is 9.07. The Morgan fingerprint density at radius 2 is 1.95 bits per heavy atom. The van der Waals surface area contributed by atoms with Crippen LogP contribution in [0.25, 0.3) is 0 Å². The van der Waals surface area contributed by atoms with Gasteiger partial charge in [0.1, 0.15) is 13.2 Å². The van der Waals surface area contributed by atoms with Crippen LogP contribution in [0.1, 0.15) is 13.3 Å². The van der Waals surface area contributed by atoms with E-state index < -0.39 is 10.0 Å². The number of sulfonamides is 1. The molecule has 2 aliphatic heterocycles. The van der Waals surface area contributed by atoms with Crippen LogP contribution in [0.4, 0.5) is 0 Å². The van der Waals surface area contributed by atoms with Gasteiger partial charge < -0.3 is 9.47 Å². The van der Waals surface area contributed by atoms with Gasteiger partial charge in [-0.2, -0.15) is 4.31 Å². The van der Waals surface area contributed by atoms with E-state index in [0.717, 1.165) is 6.42 Å². The molecule has 0 N–H and O–H groups in total. The zero-order valence-corrected chi connectivity index (χ0v) is 11.6. The Kier molecular flexibility index (Phi) is 3.14. The zero-order valence-electron chi connectivity index (χ0n) is 10.8. The van der Waals surface area contributed by atoms with Crippen LogP contribution in [-0.4, -0.2) is 39.0 Å². The Bertz CT molecular complexity index is 584. The molecule has 0 aromatic heterocycles. The second-order valence-corrected chi connectivity index (χ2v) is 7.00. The molecule has 0 saturated carbocycles. The monoisotopic (exact) mass is 283 g/mol. The van der Waals surface area contributed by atoms with E-state index in [1.807, 2.05) is 0 Å². The van der Waals surface area contributed by atoms with Gasteiger partial charge in [0.25, 0.3) is 0 Å². The van der Waals surface area contributed by atoms with Crippen LogP contribution in [0.15, 0.2) is 23.1 Å². The molecule has 1 unspecified atom stereocenters. The fraction of sp³-hybridized carbons (Fsp3) is 0.538. The Hall–Kier alpha value is -1.27. The molecule has 2 aliphatic rings. The summed E-state index contributed by atoms with van der Waals surface area (Å²) in [5.41, 5.74) is 0. The quantitative estimate of drug-likeness (QED) is 0.825. The highest BCUT2D eigenvalue weighted by Crippen LogP contribution is 2.34. The van der Waals surface area contributed by atoms with E-state index in [1.54, 1.807) is 22.5 Å². The van der Waals surface area contributed by atoms with Gasteiger partial charge in [-0.15, -0.1) is 0 Å². The second-order valence-electron chi connectivity index (χ2n) is 5.06. The van der Waals surface area contributed by atoms with Crippen molar-refractivity contribution in [3.05, 3.63) is 18.2 Å². The number of nitrogens with zero attached hydrogens (tertiary/aromatic N) is 1. The van der Waals surface area contributed by atoms with Crippen LogP contribution in [0, 0.1) is 5.92 Å². The van der Waals surface area contributed by atoms with Gasteiger partial charge in [-0.25, -0.2) is 8.42 Å². The lowest BCUT2D eigenvalue weighted by Crippen LogP contribution is -2.28. The summed E-state index contributed by atoms with van der Waals surface area (Å²) in [5, 5.41) is 0. The van der Waals surface area contributed by atoms with E-state index in [9.17, 15) is 8.42 Å². The summed E-state index contributed by atoms with van der Waals surface area (Å²) < 4.78 is 37.4. The molecule has 0 radical (unpaired) electrons. The molecule has 0 spiro atoms. The van der Waals surface area contributed by atoms with Crippen molar-refractivity contribution in [3.63, 3.8) is 0 Å². The molecule has 1 atom stereocenters. The van der Waals surface area contributed by atoms with Crippen molar-refractivity contribution in [2.24, 2.45) is 5.92 Å². The van der Waals surface area contributed by atoms with Gasteiger partial charge in [0, 0.05) is 19.2 Å². The third kappa shape index (κ3) is 2.30. The molecule has 1 aromatic carbocycles. The molecule has 5 nitrogen and oxygen atoms in total. The molecular formula is C13H17NO4S. The van der Waals surface area contributed by atoms with Crippen LogP contribution in [0.3, 0.4) is 0 Å². The number of rotatable bonds is 2. The molecule has 19 heavy (non-hydrogen) atoms. The third-order valence-electron chi connectivity index (χ3n) is 3.54. The molecule has 0 aliphatic carbocycles. The number of benzene rings is 1. The predicted octanol–water partition coefficient (Wildman–Crippen LogP) is 1.49. The van der Waals surface area contributed by atoms with Crippen LogP contribution in [0.5, 0.6) is 11.5 Å². The Morgan fingerprint density at radius 1 is 1.21 bits per heavy atom. The molecule has 3 rings (SSSR count). The van der Waals surface area contributed by atoms with E-state index in [-0.39, 0.29) is 4.90 Å². The molecule has 6 heteroatoms. The summed E-state index contributed by atoms with van der Waals surface area (Å²) in [6, 6.07) is 4.82. The minimum atomic E-state index is -3.41. The average Bonchev–Trinajstić information content (AvgIpc) is 2.85. The van der Waals surface area contributed by atoms with Crippen LogP contribution in [0.2, 0.25) is 0 Å². The maximum absolute atomic E-state index is 12.5. The maximum Gasteiger partial charge on any atom is 0.243 e. The molecule has 0 amide bonds. The van der Waals surface area contributed by atoms with Crippen LogP contribution < -0.4 is 9.47 Å². The first-order valence-electron chi connectivity index (χ1n) is 6.47. The van der Waals surface area contributed by atoms with E-state index in [0.29, 0.717) is 43.7 Å². The van der Waals surface area contributed by atoms with E-state index in [4.69, 9.17) is 9.47 Å². The number of fused-ring (bicyclic) bond motifs is 1. The summed E-state index contributed by atoms with van der Waals surface area (Å²) in [6.45, 7) is 4.22. The molecule has 1 aromatic rings. The van der Waals surface area contributed by atoms with Crippen LogP contribution >= 0.6 is 0 Å². The lowest BCUT2D eigenvalue weighted by Gasteiger charge is -2.20. The zero-order chi connectivity index (χ0) is 13.5. The summed E-state index contributed by atoms with van der Waals surface area (Å²) in [7, 11) is -3.41. The standard InChI is InChI=1S/C13H17NO4S/c1-10-4-5-14(9-10)19(15,16)11-2-3-12-13(8-11)18-7-6-17-12/h2-3,8,10H,4-7,9H2,1H3. The fourth-order valence-corrected chi connectivity index (χ4v) is 4.04. The average molecular weight is 283 g/mol. The van der Waals surface area contributed by atoms with Gasteiger partial charge in [-0.1, -0.05) is 6.92 Å². The van der Waals surface area contributed by atoms with Crippen molar-refractivity contribution in [2.45, 2.75) is 18.2 Å². The lowest BCUT2D eigenvalue weighted by molar-refractivity contribution is 0.171. The van der Waals surface area contributed by atoms with Crippen molar-refractivity contribution in [3.8, 4) is 11.5 Å². The first-order valence-corrected chi connectivity index (χ1v) is 7.91. The topological polar surface area (TPSA) is 55.8 Å². The van der Waals surface area contributed by atoms with Gasteiger partial charge in [0.05, 0.1) is 4.90 Å². The number of ether oxygens (including phenoxy) is 2.